The molecule has 1 fully saturated rings. The van der Waals surface area contributed by atoms with E-state index in [0.717, 1.165) is 26.1 Å². The van der Waals surface area contributed by atoms with Crippen molar-refractivity contribution in [2.75, 3.05) is 13.1 Å². The van der Waals surface area contributed by atoms with Crippen molar-refractivity contribution < 1.29 is 0 Å². The lowest BCUT2D eigenvalue weighted by molar-refractivity contribution is 0.00183. The van der Waals surface area contributed by atoms with Gasteiger partial charge in [-0.15, -0.1) is 0 Å². The van der Waals surface area contributed by atoms with Crippen molar-refractivity contribution in [3.8, 4) is 0 Å². The Kier molecular flexibility index (Phi) is 4.55. The highest BCUT2D eigenvalue weighted by Crippen LogP contribution is 2.31. The van der Waals surface area contributed by atoms with Gasteiger partial charge in [0, 0.05) is 44.0 Å². The summed E-state index contributed by atoms with van der Waals surface area (Å²) in [5.41, 5.74) is 1.67. The normalized spacial score (nSPS) is 26.9. The zero-order chi connectivity index (χ0) is 14.8. The van der Waals surface area contributed by atoms with Crippen molar-refractivity contribution in [2.24, 2.45) is 7.05 Å². The van der Waals surface area contributed by atoms with Gasteiger partial charge in [0.15, 0.2) is 0 Å². The van der Waals surface area contributed by atoms with E-state index in [9.17, 15) is 0 Å². The third-order valence-electron chi connectivity index (χ3n) is 5.34. The Labute approximate surface area is 123 Å². The molecule has 1 unspecified atom stereocenters. The Morgan fingerprint density at radius 3 is 2.45 bits per heavy atom. The zero-order valence-corrected chi connectivity index (χ0v) is 13.7. The molecule has 114 valence electrons. The molecule has 1 aromatic rings. The minimum Gasteiger partial charge on any atom is -0.308 e. The number of rotatable bonds is 5. The van der Waals surface area contributed by atoms with Crippen molar-refractivity contribution in [3.63, 3.8) is 0 Å². The second kappa shape index (κ2) is 5.86. The highest BCUT2D eigenvalue weighted by atomic mass is 15.3. The Bertz CT molecular complexity index is 435. The summed E-state index contributed by atoms with van der Waals surface area (Å²) in [5, 5.41) is 8.39. The second-order valence-electron chi connectivity index (χ2n) is 6.53. The zero-order valence-electron chi connectivity index (χ0n) is 13.7. The molecule has 0 aromatic carbocycles. The first-order valence-electron chi connectivity index (χ1n) is 7.95. The van der Waals surface area contributed by atoms with Crippen LogP contribution in [0.4, 0.5) is 0 Å². The number of aromatic nitrogens is 2. The first kappa shape index (κ1) is 15.5. The van der Waals surface area contributed by atoms with Gasteiger partial charge in [-0.05, 0) is 32.3 Å². The molecular weight excluding hydrogens is 248 g/mol. The fourth-order valence-electron chi connectivity index (χ4n) is 3.16. The van der Waals surface area contributed by atoms with Crippen LogP contribution in [0, 0.1) is 0 Å². The van der Waals surface area contributed by atoms with Gasteiger partial charge >= 0.3 is 0 Å². The fourth-order valence-corrected chi connectivity index (χ4v) is 3.16. The SMILES string of the molecule is CCC1(CC)CN(Cc2ccn(C)n2)C(C)(CC)CN1. The molecule has 0 amide bonds. The highest BCUT2D eigenvalue weighted by Gasteiger charge is 2.42. The molecule has 1 aromatic heterocycles. The highest BCUT2D eigenvalue weighted by molar-refractivity contribution is 5.06. The lowest BCUT2D eigenvalue weighted by Gasteiger charge is -2.53. The molecule has 4 nitrogen and oxygen atoms in total. The Morgan fingerprint density at radius 1 is 1.25 bits per heavy atom. The average molecular weight is 278 g/mol. The molecule has 1 aliphatic rings. The number of nitrogens with one attached hydrogen (secondary N) is 1. The average Bonchev–Trinajstić information content (AvgIpc) is 2.87. The van der Waals surface area contributed by atoms with Gasteiger partial charge in [0.25, 0.3) is 0 Å². The second-order valence-corrected chi connectivity index (χ2v) is 6.53. The molecular formula is C16H30N4. The number of hydrogen-bond donors (Lipinski definition) is 1. The minimum absolute atomic E-state index is 0.228. The Morgan fingerprint density at radius 2 is 1.95 bits per heavy atom. The van der Waals surface area contributed by atoms with Gasteiger partial charge in [-0.3, -0.25) is 9.58 Å². The molecule has 1 atom stereocenters. The Hall–Kier alpha value is -0.870. The summed E-state index contributed by atoms with van der Waals surface area (Å²) in [7, 11) is 1.99. The molecule has 0 spiro atoms. The van der Waals surface area contributed by atoms with Crippen LogP contribution in [0.5, 0.6) is 0 Å². The predicted octanol–water partition coefficient (Wildman–Crippen LogP) is 2.55. The summed E-state index contributed by atoms with van der Waals surface area (Å²) in [4.78, 5) is 2.64. The molecule has 2 heterocycles. The van der Waals surface area contributed by atoms with E-state index in [1.807, 2.05) is 17.9 Å². The van der Waals surface area contributed by atoms with Gasteiger partial charge in [0.2, 0.25) is 0 Å². The summed E-state index contributed by atoms with van der Waals surface area (Å²) in [6.07, 6.45) is 5.56. The van der Waals surface area contributed by atoms with Gasteiger partial charge < -0.3 is 5.32 Å². The minimum atomic E-state index is 0.228. The van der Waals surface area contributed by atoms with Crippen LogP contribution in [0.3, 0.4) is 0 Å². The van der Waals surface area contributed by atoms with Crippen molar-refractivity contribution in [3.05, 3.63) is 18.0 Å². The molecule has 20 heavy (non-hydrogen) atoms. The van der Waals surface area contributed by atoms with Crippen LogP contribution in [0.25, 0.3) is 0 Å². The van der Waals surface area contributed by atoms with E-state index < -0.39 is 0 Å². The Balaban J connectivity index is 2.19. The van der Waals surface area contributed by atoms with E-state index in [0.29, 0.717) is 0 Å². The van der Waals surface area contributed by atoms with Gasteiger partial charge in [-0.1, -0.05) is 20.8 Å². The molecule has 1 saturated heterocycles. The summed E-state index contributed by atoms with van der Waals surface area (Å²) in [5.74, 6) is 0. The van der Waals surface area contributed by atoms with Crippen LogP contribution in [0.1, 0.15) is 52.7 Å². The summed E-state index contributed by atoms with van der Waals surface area (Å²) in [6.45, 7) is 12.4. The molecule has 0 radical (unpaired) electrons. The summed E-state index contributed by atoms with van der Waals surface area (Å²) >= 11 is 0. The van der Waals surface area contributed by atoms with Crippen molar-refractivity contribution in [1.82, 2.24) is 20.0 Å². The van der Waals surface area contributed by atoms with Crippen LogP contribution < -0.4 is 5.32 Å². The molecule has 0 bridgehead atoms. The van der Waals surface area contributed by atoms with Crippen LogP contribution in [0.2, 0.25) is 0 Å². The monoisotopic (exact) mass is 278 g/mol. The van der Waals surface area contributed by atoms with Crippen LogP contribution in [-0.2, 0) is 13.6 Å². The molecule has 1 N–H and O–H groups in total. The molecule has 0 saturated carbocycles. The maximum Gasteiger partial charge on any atom is 0.0764 e. The third kappa shape index (κ3) is 2.91. The van der Waals surface area contributed by atoms with Crippen molar-refractivity contribution >= 4 is 0 Å². The van der Waals surface area contributed by atoms with Gasteiger partial charge in [0.05, 0.1) is 5.69 Å². The van der Waals surface area contributed by atoms with E-state index in [1.165, 1.54) is 18.5 Å². The topological polar surface area (TPSA) is 33.1 Å². The van der Waals surface area contributed by atoms with E-state index in [1.54, 1.807) is 0 Å². The maximum absolute atomic E-state index is 4.56. The number of nitrogens with zero attached hydrogens (tertiary/aromatic N) is 3. The van der Waals surface area contributed by atoms with E-state index in [-0.39, 0.29) is 11.1 Å². The molecule has 2 rings (SSSR count). The van der Waals surface area contributed by atoms with E-state index in [2.05, 4.69) is 49.1 Å². The van der Waals surface area contributed by atoms with Crippen LogP contribution in [-0.4, -0.2) is 38.8 Å². The van der Waals surface area contributed by atoms with Gasteiger partial charge in [0.1, 0.15) is 0 Å². The largest absolute Gasteiger partial charge is 0.308 e. The quantitative estimate of drug-likeness (QED) is 0.898. The number of aryl methyl sites for hydroxylation is 1. The van der Waals surface area contributed by atoms with E-state index in [4.69, 9.17) is 0 Å². The third-order valence-corrected chi connectivity index (χ3v) is 5.34. The van der Waals surface area contributed by atoms with Crippen molar-refractivity contribution in [2.45, 2.75) is 64.6 Å². The van der Waals surface area contributed by atoms with E-state index >= 15 is 0 Å². The fraction of sp³-hybridized carbons (Fsp3) is 0.812. The van der Waals surface area contributed by atoms with Crippen LogP contribution >= 0.6 is 0 Å². The predicted molar refractivity (Wildman–Crippen MR) is 83.6 cm³/mol. The molecule has 0 aliphatic carbocycles. The smallest absolute Gasteiger partial charge is 0.0764 e. The first-order valence-corrected chi connectivity index (χ1v) is 7.95. The first-order chi connectivity index (χ1) is 9.47. The lowest BCUT2D eigenvalue weighted by atomic mass is 9.83. The van der Waals surface area contributed by atoms with Crippen molar-refractivity contribution in [1.29, 1.82) is 0 Å². The van der Waals surface area contributed by atoms with Gasteiger partial charge in [-0.25, -0.2) is 0 Å². The van der Waals surface area contributed by atoms with Gasteiger partial charge in [-0.2, -0.15) is 5.10 Å². The lowest BCUT2D eigenvalue weighted by Crippen LogP contribution is -2.68. The number of piperazine rings is 1. The van der Waals surface area contributed by atoms with Crippen LogP contribution in [0.15, 0.2) is 12.3 Å². The standard InChI is InChI=1S/C16H30N4/c1-6-15(4)12-17-16(7-2,8-3)13-20(15)11-14-9-10-19(5)18-14/h9-10,17H,6-8,11-13H2,1-5H3. The number of hydrogen-bond acceptors (Lipinski definition) is 3. The molecule has 1 aliphatic heterocycles. The maximum atomic E-state index is 4.56. The molecule has 4 heteroatoms. The summed E-state index contributed by atoms with van der Waals surface area (Å²) < 4.78 is 1.90. The summed E-state index contributed by atoms with van der Waals surface area (Å²) in [6, 6.07) is 2.14.